The van der Waals surface area contributed by atoms with Crippen LogP contribution in [0, 0.1) is 11.3 Å². The molecule has 2 aromatic rings. The molecule has 0 saturated carbocycles. The monoisotopic (exact) mass is 312 g/mol. The third kappa shape index (κ3) is 3.35. The first kappa shape index (κ1) is 14.9. The van der Waals surface area contributed by atoms with E-state index in [1.165, 1.54) is 23.1 Å². The summed E-state index contributed by atoms with van der Waals surface area (Å²) in [6, 6.07) is 6.06. The Kier molecular flexibility index (Phi) is 3.90. The molecule has 0 aliphatic rings. The Morgan fingerprint density at radius 3 is 2.48 bits per heavy atom. The van der Waals surface area contributed by atoms with E-state index in [-0.39, 0.29) is 10.4 Å². The van der Waals surface area contributed by atoms with Crippen LogP contribution in [0.3, 0.4) is 0 Å². The van der Waals surface area contributed by atoms with E-state index >= 15 is 0 Å². The second-order valence-corrected chi connectivity index (χ2v) is 4.82. The number of rotatable bonds is 1. The highest BCUT2D eigenvalue weighted by molar-refractivity contribution is 7.04. The van der Waals surface area contributed by atoms with Crippen molar-refractivity contribution >= 4 is 17.4 Å². The minimum Gasteiger partial charge on any atom is -0.273 e. The molecule has 0 aliphatic heterocycles. The second-order valence-electron chi connectivity index (χ2n) is 3.91. The Balaban J connectivity index is 2.47. The number of aromatic nitrogens is 2. The van der Waals surface area contributed by atoms with Gasteiger partial charge in [0.25, 0.3) is 0 Å². The van der Waals surface area contributed by atoms with Gasteiger partial charge in [-0.25, -0.2) is 0 Å². The lowest BCUT2D eigenvalue weighted by atomic mass is 10.2. The van der Waals surface area contributed by atoms with Crippen LogP contribution in [0.1, 0.15) is 18.2 Å². The fraction of sp³-hybridized carbons (Fsp3) is 0.167. The summed E-state index contributed by atoms with van der Waals surface area (Å²) in [5.74, 6) is -0.491. The van der Waals surface area contributed by atoms with Crippen molar-refractivity contribution in [1.29, 1.82) is 5.26 Å². The Labute approximate surface area is 120 Å². The van der Waals surface area contributed by atoms with E-state index in [9.17, 15) is 18.0 Å². The minimum atomic E-state index is -4.42. The third-order valence-corrected chi connectivity index (χ3v) is 3.27. The summed E-state index contributed by atoms with van der Waals surface area (Å²) in [4.78, 5) is 14.6. The van der Waals surface area contributed by atoms with E-state index in [0.29, 0.717) is 5.69 Å². The van der Waals surface area contributed by atoms with E-state index in [4.69, 9.17) is 5.26 Å². The van der Waals surface area contributed by atoms with Gasteiger partial charge in [0.05, 0.1) is 11.3 Å². The van der Waals surface area contributed by atoms with Crippen LogP contribution in [0.25, 0.3) is 5.69 Å². The summed E-state index contributed by atoms with van der Waals surface area (Å²) < 4.78 is 38.8. The molecule has 0 bridgehead atoms. The van der Waals surface area contributed by atoms with Crippen LogP contribution in [-0.2, 0) is 11.0 Å². The highest BCUT2D eigenvalue weighted by Gasteiger charge is 2.30. The van der Waals surface area contributed by atoms with E-state index in [1.54, 1.807) is 6.07 Å². The maximum Gasteiger partial charge on any atom is 0.416 e. The standard InChI is InChI=1S/C12H7F3N4OS/c1-7(20)17-11-10(6-16)18-19(21-11)9-4-2-8(3-5-9)12(13,14)15/h2-5H,1H3. The number of hydrogen-bond acceptors (Lipinski definition) is 4. The van der Waals surface area contributed by atoms with Gasteiger partial charge >= 0.3 is 6.18 Å². The molecule has 108 valence electrons. The van der Waals surface area contributed by atoms with Gasteiger partial charge in [-0.1, -0.05) is 0 Å². The molecule has 0 saturated heterocycles. The number of carbonyl (C=O) groups excluding carboxylic acids is 1. The molecule has 1 heterocycles. The Hall–Kier alpha value is -2.47. The lowest BCUT2D eigenvalue weighted by Gasteiger charge is -2.06. The summed E-state index contributed by atoms with van der Waals surface area (Å²) in [7, 11) is 0. The molecule has 1 aromatic carbocycles. The first-order valence-electron chi connectivity index (χ1n) is 5.55. The lowest BCUT2D eigenvalue weighted by molar-refractivity contribution is -0.137. The van der Waals surface area contributed by atoms with Crippen molar-refractivity contribution in [3.8, 4) is 11.8 Å². The molecule has 2 rings (SSSR count). The Morgan fingerprint density at radius 2 is 2.00 bits per heavy atom. The molecule has 0 aliphatic carbocycles. The molecule has 0 fully saturated rings. The zero-order chi connectivity index (χ0) is 15.6. The average Bonchev–Trinajstić information content (AvgIpc) is 2.80. The average molecular weight is 312 g/mol. The summed E-state index contributed by atoms with van der Waals surface area (Å²) in [5.41, 5.74) is -0.498. The van der Waals surface area contributed by atoms with Crippen LogP contribution in [0.2, 0.25) is 0 Å². The summed E-state index contributed by atoms with van der Waals surface area (Å²) in [6.45, 7) is 1.23. The van der Waals surface area contributed by atoms with Gasteiger partial charge in [-0.05, 0) is 35.8 Å². The normalized spacial score (nSPS) is 12.2. The van der Waals surface area contributed by atoms with Gasteiger partial charge in [0.1, 0.15) is 6.07 Å². The first-order chi connectivity index (χ1) is 9.81. The highest BCUT2D eigenvalue weighted by Crippen LogP contribution is 2.29. The van der Waals surface area contributed by atoms with Crippen molar-refractivity contribution in [1.82, 2.24) is 9.17 Å². The van der Waals surface area contributed by atoms with Crippen LogP contribution in [0.4, 0.5) is 13.2 Å². The van der Waals surface area contributed by atoms with E-state index < -0.39 is 17.6 Å². The summed E-state index contributed by atoms with van der Waals surface area (Å²) >= 11 is 0.893. The molecule has 9 heteroatoms. The molecule has 21 heavy (non-hydrogen) atoms. The molecule has 0 radical (unpaired) electrons. The van der Waals surface area contributed by atoms with Crippen molar-refractivity contribution in [3.63, 3.8) is 0 Å². The van der Waals surface area contributed by atoms with Gasteiger partial charge in [-0.15, -0.1) is 5.10 Å². The summed E-state index contributed by atoms with van der Waals surface area (Å²) in [6.07, 6.45) is -4.42. The van der Waals surface area contributed by atoms with Crippen molar-refractivity contribution in [2.24, 2.45) is 4.99 Å². The first-order valence-corrected chi connectivity index (χ1v) is 6.32. The predicted octanol–water partition coefficient (Wildman–Crippen LogP) is 2.27. The van der Waals surface area contributed by atoms with Crippen LogP contribution in [0.5, 0.6) is 0 Å². The van der Waals surface area contributed by atoms with Gasteiger partial charge in [0, 0.05) is 6.92 Å². The molecule has 0 atom stereocenters. The van der Waals surface area contributed by atoms with Gasteiger partial charge in [-0.3, -0.25) is 4.79 Å². The highest BCUT2D eigenvalue weighted by atomic mass is 32.1. The number of benzene rings is 1. The number of nitrogens with zero attached hydrogens (tertiary/aromatic N) is 4. The molecular formula is C12H7F3N4OS. The molecule has 0 unspecified atom stereocenters. The Bertz CT molecular complexity index is 781. The van der Waals surface area contributed by atoms with Crippen molar-refractivity contribution < 1.29 is 18.0 Å². The third-order valence-electron chi connectivity index (χ3n) is 2.35. The predicted molar refractivity (Wildman–Crippen MR) is 67.4 cm³/mol. The van der Waals surface area contributed by atoms with Crippen molar-refractivity contribution in [2.75, 3.05) is 0 Å². The van der Waals surface area contributed by atoms with E-state index in [2.05, 4.69) is 10.1 Å². The smallest absolute Gasteiger partial charge is 0.273 e. The topological polar surface area (TPSA) is 71.0 Å². The number of hydrogen-bond donors (Lipinski definition) is 0. The minimum absolute atomic E-state index is 0.0601. The summed E-state index contributed by atoms with van der Waals surface area (Å²) in [5, 5.41) is 12.8. The number of nitriles is 1. The van der Waals surface area contributed by atoms with Crippen LogP contribution < -0.4 is 4.67 Å². The number of alkyl halides is 3. The van der Waals surface area contributed by atoms with Crippen LogP contribution in [-0.4, -0.2) is 15.1 Å². The second kappa shape index (κ2) is 5.49. The maximum atomic E-state index is 12.5. The fourth-order valence-corrected chi connectivity index (χ4v) is 2.31. The van der Waals surface area contributed by atoms with Gasteiger partial charge in [-0.2, -0.15) is 27.5 Å². The molecule has 0 N–H and O–H groups in total. The molecule has 1 aromatic heterocycles. The van der Waals surface area contributed by atoms with E-state index in [0.717, 1.165) is 23.7 Å². The van der Waals surface area contributed by atoms with Crippen LogP contribution in [0.15, 0.2) is 29.3 Å². The zero-order valence-corrected chi connectivity index (χ0v) is 11.4. The van der Waals surface area contributed by atoms with Gasteiger partial charge in [0.15, 0.2) is 10.4 Å². The molecule has 5 nitrogen and oxygen atoms in total. The van der Waals surface area contributed by atoms with Crippen molar-refractivity contribution in [3.05, 3.63) is 40.2 Å². The van der Waals surface area contributed by atoms with Gasteiger partial charge < -0.3 is 0 Å². The zero-order valence-electron chi connectivity index (χ0n) is 10.5. The van der Waals surface area contributed by atoms with Crippen molar-refractivity contribution in [2.45, 2.75) is 13.1 Å². The molecule has 0 spiro atoms. The Morgan fingerprint density at radius 1 is 1.38 bits per heavy atom. The quantitative estimate of drug-likeness (QED) is 0.811. The maximum absolute atomic E-state index is 12.5. The number of amides is 1. The fourth-order valence-electron chi connectivity index (χ4n) is 1.45. The number of carbonyl (C=O) groups is 1. The van der Waals surface area contributed by atoms with Crippen LogP contribution >= 0.6 is 11.5 Å². The molecular weight excluding hydrogens is 305 g/mol. The molecule has 1 amide bonds. The largest absolute Gasteiger partial charge is 0.416 e. The van der Waals surface area contributed by atoms with Gasteiger partial charge in [0.2, 0.25) is 5.91 Å². The van der Waals surface area contributed by atoms with E-state index in [1.807, 2.05) is 0 Å². The lowest BCUT2D eigenvalue weighted by Crippen LogP contribution is -2.04. The number of halogens is 3. The SMILES string of the molecule is CC(=O)N=c1sn(-c2ccc(C(F)(F)F)cc2)nc1C#N.